The van der Waals surface area contributed by atoms with Crippen LogP contribution in [0, 0.1) is 5.41 Å². The van der Waals surface area contributed by atoms with Crippen molar-refractivity contribution in [1.82, 2.24) is 0 Å². The third-order valence-corrected chi connectivity index (χ3v) is 2.11. The lowest BCUT2D eigenvalue weighted by atomic mass is 9.91. The van der Waals surface area contributed by atoms with Gasteiger partial charge in [0.25, 0.3) is 0 Å². The second kappa shape index (κ2) is 6.40. The summed E-state index contributed by atoms with van der Waals surface area (Å²) in [6.07, 6.45) is 1.05. The van der Waals surface area contributed by atoms with Crippen molar-refractivity contribution >= 4 is 17.5 Å². The van der Waals surface area contributed by atoms with Gasteiger partial charge >= 0.3 is 5.97 Å². The fourth-order valence-electron chi connectivity index (χ4n) is 0.916. The summed E-state index contributed by atoms with van der Waals surface area (Å²) in [5.41, 5.74) is -0.486. The fourth-order valence-corrected chi connectivity index (χ4v) is 0.916. The highest BCUT2D eigenvalue weighted by molar-refractivity contribution is 5.86. The minimum absolute atomic E-state index is 0.0542. The Kier molecular flexibility index (Phi) is 5.93. The van der Waals surface area contributed by atoms with Crippen molar-refractivity contribution < 1.29 is 19.1 Å². The molecule has 4 heteroatoms. The van der Waals surface area contributed by atoms with Gasteiger partial charge in [0.2, 0.25) is 0 Å². The Morgan fingerprint density at radius 3 is 2.06 bits per heavy atom. The summed E-state index contributed by atoms with van der Waals surface area (Å²) in [6, 6.07) is 0. The van der Waals surface area contributed by atoms with E-state index >= 15 is 0 Å². The zero-order valence-electron chi connectivity index (χ0n) is 10.5. The number of hydrogen-bond donors (Lipinski definition) is 0. The van der Waals surface area contributed by atoms with E-state index in [9.17, 15) is 14.4 Å². The molecule has 0 atom stereocenters. The Bertz CT molecular complexity index is 273. The van der Waals surface area contributed by atoms with Gasteiger partial charge in [0.15, 0.2) is 12.4 Å². The van der Waals surface area contributed by atoms with Crippen LogP contribution in [0.2, 0.25) is 0 Å². The normalized spacial score (nSPS) is 11.0. The van der Waals surface area contributed by atoms with Crippen LogP contribution in [-0.2, 0) is 19.1 Å². The van der Waals surface area contributed by atoms with Gasteiger partial charge < -0.3 is 9.53 Å². The van der Waals surface area contributed by atoms with E-state index in [0.717, 1.165) is 0 Å². The van der Waals surface area contributed by atoms with E-state index in [0.29, 0.717) is 12.8 Å². The third kappa shape index (κ3) is 7.15. The molecule has 0 N–H and O–H groups in total. The molecule has 16 heavy (non-hydrogen) atoms. The molecule has 0 saturated heterocycles. The molecule has 0 rings (SSSR count). The minimum Gasteiger partial charge on any atom is -0.458 e. The van der Waals surface area contributed by atoms with Gasteiger partial charge in [-0.25, -0.2) is 0 Å². The Morgan fingerprint density at radius 1 is 1.06 bits per heavy atom. The highest BCUT2D eigenvalue weighted by atomic mass is 16.5. The summed E-state index contributed by atoms with van der Waals surface area (Å²) >= 11 is 0. The molecule has 0 bridgehead atoms. The number of Topliss-reactive ketones (excluding diaryl/α,β-unsaturated/α-hetero) is 2. The lowest BCUT2D eigenvalue weighted by molar-refractivity contribution is -0.150. The first-order valence-corrected chi connectivity index (χ1v) is 5.42. The molecule has 4 nitrogen and oxygen atoms in total. The summed E-state index contributed by atoms with van der Waals surface area (Å²) in [5, 5.41) is 0. The average molecular weight is 228 g/mol. The van der Waals surface area contributed by atoms with Gasteiger partial charge in [-0.2, -0.15) is 0 Å². The number of ether oxygens (including phenoxy) is 1. The molecule has 0 radical (unpaired) electrons. The molecule has 0 aromatic heterocycles. The summed E-state index contributed by atoms with van der Waals surface area (Å²) in [7, 11) is 0. The van der Waals surface area contributed by atoms with Crippen LogP contribution in [-0.4, -0.2) is 24.1 Å². The minimum atomic E-state index is -0.486. The summed E-state index contributed by atoms with van der Waals surface area (Å²) in [5.74, 6) is -0.468. The average Bonchev–Trinajstić information content (AvgIpc) is 2.11. The maximum atomic E-state index is 11.4. The maximum absolute atomic E-state index is 11.4. The third-order valence-electron chi connectivity index (χ3n) is 2.11. The van der Waals surface area contributed by atoms with Crippen LogP contribution in [0.15, 0.2) is 0 Å². The highest BCUT2D eigenvalue weighted by Gasteiger charge is 2.22. The number of esters is 1. The zero-order chi connectivity index (χ0) is 12.8. The van der Waals surface area contributed by atoms with Gasteiger partial charge in [-0.3, -0.25) is 9.59 Å². The Morgan fingerprint density at radius 2 is 1.62 bits per heavy atom. The number of rotatable bonds is 6. The first-order chi connectivity index (χ1) is 7.23. The van der Waals surface area contributed by atoms with Crippen molar-refractivity contribution in [2.75, 3.05) is 6.61 Å². The molecule has 0 aliphatic rings. The molecule has 0 unspecified atom stereocenters. The van der Waals surface area contributed by atoms with Gasteiger partial charge in [-0.15, -0.1) is 0 Å². The zero-order valence-corrected chi connectivity index (χ0v) is 10.5. The molecule has 0 heterocycles. The van der Waals surface area contributed by atoms with Crippen LogP contribution in [0.3, 0.4) is 0 Å². The van der Waals surface area contributed by atoms with Gasteiger partial charge in [-0.1, -0.05) is 20.8 Å². The van der Waals surface area contributed by atoms with Crippen LogP contribution in [0.1, 0.15) is 47.0 Å². The molecule has 0 amide bonds. The largest absolute Gasteiger partial charge is 0.458 e. The molecule has 0 spiro atoms. The number of carbonyl (C=O) groups excluding carboxylic acids is 3. The van der Waals surface area contributed by atoms with Crippen molar-refractivity contribution in [3.05, 3.63) is 0 Å². The smallest absolute Gasteiger partial charge is 0.306 e. The standard InChI is InChI=1S/C12H20O4/c1-9(13)6-5-7-11(15)16-8-10(14)12(2,3)4/h5-8H2,1-4H3. The van der Waals surface area contributed by atoms with Crippen LogP contribution < -0.4 is 0 Å². The monoisotopic (exact) mass is 228 g/mol. The summed E-state index contributed by atoms with van der Waals surface area (Å²) in [6.45, 7) is 6.63. The van der Waals surface area contributed by atoms with E-state index in [1.807, 2.05) is 0 Å². The quantitative estimate of drug-likeness (QED) is 0.651. The first-order valence-electron chi connectivity index (χ1n) is 5.42. The van der Waals surface area contributed by atoms with E-state index in [1.165, 1.54) is 6.92 Å². The topological polar surface area (TPSA) is 60.4 Å². The molecular weight excluding hydrogens is 208 g/mol. The predicted octanol–water partition coefficient (Wildman–Crippen LogP) is 1.90. The van der Waals surface area contributed by atoms with Crippen LogP contribution >= 0.6 is 0 Å². The lowest BCUT2D eigenvalue weighted by Gasteiger charge is -2.16. The van der Waals surface area contributed by atoms with E-state index in [4.69, 9.17) is 4.74 Å². The molecular formula is C12H20O4. The van der Waals surface area contributed by atoms with Crippen molar-refractivity contribution in [3.8, 4) is 0 Å². The maximum Gasteiger partial charge on any atom is 0.306 e. The van der Waals surface area contributed by atoms with Gasteiger partial charge in [-0.05, 0) is 13.3 Å². The lowest BCUT2D eigenvalue weighted by Crippen LogP contribution is -2.26. The van der Waals surface area contributed by atoms with E-state index < -0.39 is 11.4 Å². The van der Waals surface area contributed by atoms with Crippen molar-refractivity contribution in [1.29, 1.82) is 0 Å². The van der Waals surface area contributed by atoms with Gasteiger partial charge in [0.05, 0.1) is 0 Å². The number of hydrogen-bond acceptors (Lipinski definition) is 4. The molecule has 0 aromatic rings. The Balaban J connectivity index is 3.74. The van der Waals surface area contributed by atoms with Crippen LogP contribution in [0.4, 0.5) is 0 Å². The fraction of sp³-hybridized carbons (Fsp3) is 0.750. The molecule has 92 valence electrons. The second-order valence-corrected chi connectivity index (χ2v) is 4.89. The second-order valence-electron chi connectivity index (χ2n) is 4.89. The van der Waals surface area contributed by atoms with Crippen molar-refractivity contribution in [2.45, 2.75) is 47.0 Å². The Labute approximate surface area is 96.4 Å². The first kappa shape index (κ1) is 14.8. The number of ketones is 2. The van der Waals surface area contributed by atoms with Gasteiger partial charge in [0, 0.05) is 18.3 Å². The van der Waals surface area contributed by atoms with Crippen molar-refractivity contribution in [3.63, 3.8) is 0 Å². The molecule has 0 aliphatic heterocycles. The van der Waals surface area contributed by atoms with Crippen molar-refractivity contribution in [2.24, 2.45) is 5.41 Å². The summed E-state index contributed by atoms with van der Waals surface area (Å²) in [4.78, 5) is 33.2. The van der Waals surface area contributed by atoms with Crippen LogP contribution in [0.5, 0.6) is 0 Å². The molecule has 0 aromatic carbocycles. The highest BCUT2D eigenvalue weighted by Crippen LogP contribution is 2.14. The molecule has 0 fully saturated rings. The predicted molar refractivity (Wildman–Crippen MR) is 60.0 cm³/mol. The molecule has 0 saturated carbocycles. The van der Waals surface area contributed by atoms with Gasteiger partial charge in [0.1, 0.15) is 5.78 Å². The van der Waals surface area contributed by atoms with Crippen LogP contribution in [0.25, 0.3) is 0 Å². The van der Waals surface area contributed by atoms with E-state index in [2.05, 4.69) is 0 Å². The summed E-state index contributed by atoms with van der Waals surface area (Å²) < 4.78 is 4.81. The number of carbonyl (C=O) groups is 3. The Hall–Kier alpha value is -1.19. The molecule has 0 aliphatic carbocycles. The van der Waals surface area contributed by atoms with E-state index in [1.54, 1.807) is 20.8 Å². The van der Waals surface area contributed by atoms with E-state index in [-0.39, 0.29) is 24.6 Å². The SMILES string of the molecule is CC(=O)CCCC(=O)OCC(=O)C(C)(C)C.